The second kappa shape index (κ2) is 14.5. The number of aliphatic hydroxyl groups is 1. The van der Waals surface area contributed by atoms with Crippen LogP contribution in [0, 0.1) is 11.8 Å². The molecule has 2 aromatic carbocycles. The largest absolute Gasteiger partial charge is 0.480 e. The summed E-state index contributed by atoms with van der Waals surface area (Å²) in [7, 11) is 0. The van der Waals surface area contributed by atoms with Crippen molar-refractivity contribution in [2.45, 2.75) is 50.8 Å². The van der Waals surface area contributed by atoms with Crippen LogP contribution >= 0.6 is 0 Å². The summed E-state index contributed by atoms with van der Waals surface area (Å²) in [5.41, 5.74) is 6.68. The van der Waals surface area contributed by atoms with Crippen LogP contribution in [-0.2, 0) is 20.8 Å². The van der Waals surface area contributed by atoms with Gasteiger partial charge in [0.1, 0.15) is 6.04 Å². The van der Waals surface area contributed by atoms with Crippen molar-refractivity contribution in [3.63, 3.8) is 0 Å². The monoisotopic (exact) mass is 524 g/mol. The molecule has 0 fully saturated rings. The van der Waals surface area contributed by atoms with Crippen LogP contribution < -0.4 is 21.8 Å². The summed E-state index contributed by atoms with van der Waals surface area (Å²) in [6, 6.07) is 12.2. The molecule has 0 aliphatic carbocycles. The molecule has 0 aromatic heterocycles. The summed E-state index contributed by atoms with van der Waals surface area (Å²) in [5.74, 6) is 2.61. The Balaban J connectivity index is 1.96. The zero-order chi connectivity index (χ0) is 28.1. The van der Waals surface area contributed by atoms with E-state index in [1.54, 1.807) is 36.4 Å². The Morgan fingerprint density at radius 2 is 1.55 bits per heavy atom. The van der Waals surface area contributed by atoms with Crippen molar-refractivity contribution in [3.05, 3.63) is 70.8 Å². The first-order valence-corrected chi connectivity index (χ1v) is 12.0. The molecule has 8 N–H and O–H groups in total. The van der Waals surface area contributed by atoms with Gasteiger partial charge in [0.2, 0.25) is 11.6 Å². The predicted octanol–water partition coefficient (Wildman–Crippen LogP) is 0.661. The maximum absolute atomic E-state index is 12.4. The van der Waals surface area contributed by atoms with Crippen LogP contribution in [0.25, 0.3) is 0 Å². The lowest BCUT2D eigenvalue weighted by Gasteiger charge is -2.25. The fourth-order valence-electron chi connectivity index (χ4n) is 3.39. The van der Waals surface area contributed by atoms with Gasteiger partial charge in [-0.05, 0) is 67.8 Å². The number of aliphatic carboxylic acids is 1. The summed E-state index contributed by atoms with van der Waals surface area (Å²) in [5, 5.41) is 32.9. The topological polar surface area (TPSA) is 191 Å². The Morgan fingerprint density at radius 1 is 0.974 bits per heavy atom. The van der Waals surface area contributed by atoms with E-state index in [0.717, 1.165) is 0 Å². The van der Waals surface area contributed by atoms with E-state index < -0.39 is 29.6 Å². The van der Waals surface area contributed by atoms with Crippen molar-refractivity contribution in [1.29, 1.82) is 0 Å². The van der Waals surface area contributed by atoms with E-state index >= 15 is 0 Å². The molecule has 0 bridgehead atoms. The highest BCUT2D eigenvalue weighted by Crippen LogP contribution is 2.11. The van der Waals surface area contributed by atoms with Gasteiger partial charge in [0.25, 0.3) is 11.8 Å². The van der Waals surface area contributed by atoms with Gasteiger partial charge in [-0.1, -0.05) is 30.9 Å². The molecule has 3 amide bonds. The maximum Gasteiger partial charge on any atom is 0.326 e. The Bertz CT molecular complexity index is 1190. The number of rotatable bonds is 12. The van der Waals surface area contributed by atoms with Crippen LogP contribution in [0.3, 0.4) is 0 Å². The van der Waals surface area contributed by atoms with E-state index in [1.807, 2.05) is 0 Å². The first-order chi connectivity index (χ1) is 18.1. The van der Waals surface area contributed by atoms with Gasteiger partial charge in [0.15, 0.2) is 0 Å². The van der Waals surface area contributed by atoms with E-state index in [0.29, 0.717) is 42.5 Å². The minimum atomic E-state index is -2.25. The molecule has 0 aliphatic rings. The molecule has 0 spiro atoms. The highest BCUT2D eigenvalue weighted by Gasteiger charge is 2.36. The van der Waals surface area contributed by atoms with Gasteiger partial charge in [0, 0.05) is 23.1 Å². The van der Waals surface area contributed by atoms with Crippen LogP contribution in [0.5, 0.6) is 0 Å². The summed E-state index contributed by atoms with van der Waals surface area (Å²) in [4.78, 5) is 47.6. The quantitative estimate of drug-likeness (QED) is 0.0692. The Morgan fingerprint density at radius 3 is 2.05 bits per heavy atom. The first-order valence-electron chi connectivity index (χ1n) is 12.0. The number of hydroxylamine groups is 1. The lowest BCUT2D eigenvalue weighted by molar-refractivity contribution is -0.151. The molecule has 0 saturated heterocycles. The average molecular weight is 525 g/mol. The molecular weight excluding hydrogens is 492 g/mol. The molecule has 11 heteroatoms. The second-order valence-corrected chi connectivity index (χ2v) is 8.55. The number of amides is 3. The molecule has 11 nitrogen and oxygen atoms in total. The minimum Gasteiger partial charge on any atom is -0.480 e. The van der Waals surface area contributed by atoms with Gasteiger partial charge in [-0.3, -0.25) is 19.6 Å². The molecule has 2 unspecified atom stereocenters. The van der Waals surface area contributed by atoms with Crippen molar-refractivity contribution in [1.82, 2.24) is 16.1 Å². The summed E-state index contributed by atoms with van der Waals surface area (Å²) >= 11 is 0. The van der Waals surface area contributed by atoms with E-state index in [-0.39, 0.29) is 24.3 Å². The zero-order valence-corrected chi connectivity index (χ0v) is 21.0. The normalized spacial score (nSPS) is 12.7. The number of carbonyl (C=O) groups is 4. The molecule has 0 saturated carbocycles. The smallest absolute Gasteiger partial charge is 0.326 e. The van der Waals surface area contributed by atoms with Crippen LogP contribution in [0.15, 0.2) is 48.5 Å². The zero-order valence-electron chi connectivity index (χ0n) is 21.0. The lowest BCUT2D eigenvalue weighted by atomic mass is 10.1. The number of carbonyl (C=O) groups excluding carboxylic acids is 3. The number of nitrogens with one attached hydrogen (secondary N) is 3. The van der Waals surface area contributed by atoms with Gasteiger partial charge in [0.05, 0.1) is 6.42 Å². The SMILES string of the molecule is CCC(O)(NC(=O)c1ccc(C#Cc2ccc(CC(=O)NC(CCCCN)C(=O)O)cc2)cc1)C(=O)NO. The Labute approximate surface area is 220 Å². The van der Waals surface area contributed by atoms with E-state index in [1.165, 1.54) is 24.5 Å². The maximum atomic E-state index is 12.4. The average Bonchev–Trinajstić information content (AvgIpc) is 2.91. The van der Waals surface area contributed by atoms with Crippen LogP contribution in [0.4, 0.5) is 0 Å². The second-order valence-electron chi connectivity index (χ2n) is 8.55. The number of hydrogen-bond donors (Lipinski definition) is 7. The standard InChI is InChI=1S/C27H32N4O7/c1-2-27(37,26(36)31-38)30-24(33)21-14-12-19(13-15-21)7-6-18-8-10-20(11-9-18)17-23(32)29-22(25(34)35)5-3-4-16-28/h8-15,22,37-38H,2-5,16-17,28H2,1H3,(H,29,32)(H,30,33)(H,31,36)(H,34,35). The highest BCUT2D eigenvalue weighted by molar-refractivity contribution is 5.98. The predicted molar refractivity (Wildman–Crippen MR) is 138 cm³/mol. The van der Waals surface area contributed by atoms with Gasteiger partial charge in [-0.2, -0.15) is 0 Å². The van der Waals surface area contributed by atoms with Gasteiger partial charge in [-0.25, -0.2) is 10.3 Å². The van der Waals surface area contributed by atoms with Gasteiger partial charge >= 0.3 is 5.97 Å². The number of benzene rings is 2. The first kappa shape index (κ1) is 30.0. The molecule has 0 heterocycles. The van der Waals surface area contributed by atoms with Crippen LogP contribution in [-0.4, -0.2) is 57.4 Å². The van der Waals surface area contributed by atoms with E-state index in [4.69, 9.17) is 10.9 Å². The summed E-state index contributed by atoms with van der Waals surface area (Å²) in [6.45, 7) is 1.94. The van der Waals surface area contributed by atoms with Crippen molar-refractivity contribution in [3.8, 4) is 11.8 Å². The van der Waals surface area contributed by atoms with Crippen molar-refractivity contribution in [2.75, 3.05) is 6.54 Å². The number of nitrogens with two attached hydrogens (primary N) is 1. The minimum absolute atomic E-state index is 0.0328. The van der Waals surface area contributed by atoms with Crippen molar-refractivity contribution < 1.29 is 34.6 Å². The third-order valence-electron chi connectivity index (χ3n) is 5.71. The number of unbranched alkanes of at least 4 members (excludes halogenated alkanes) is 1. The highest BCUT2D eigenvalue weighted by atomic mass is 16.5. The van der Waals surface area contributed by atoms with Gasteiger partial charge in [-0.15, -0.1) is 0 Å². The molecule has 2 rings (SSSR count). The van der Waals surface area contributed by atoms with Crippen molar-refractivity contribution in [2.24, 2.45) is 5.73 Å². The third kappa shape index (κ3) is 9.01. The molecule has 0 aliphatic heterocycles. The summed E-state index contributed by atoms with van der Waals surface area (Å²) < 4.78 is 0. The van der Waals surface area contributed by atoms with Crippen LogP contribution in [0.2, 0.25) is 0 Å². The molecular formula is C27H32N4O7. The fourth-order valence-corrected chi connectivity index (χ4v) is 3.39. The molecule has 0 radical (unpaired) electrons. The number of hydrogen-bond acceptors (Lipinski definition) is 7. The fraction of sp³-hybridized carbons (Fsp3) is 0.333. The Kier molecular flexibility index (Phi) is 11.4. The number of carboxylic acid groups (broad SMARTS) is 1. The molecule has 2 aromatic rings. The molecule has 38 heavy (non-hydrogen) atoms. The Hall–Kier alpha value is -4.24. The van der Waals surface area contributed by atoms with E-state index in [2.05, 4.69) is 22.5 Å². The van der Waals surface area contributed by atoms with Gasteiger partial charge < -0.3 is 26.6 Å². The third-order valence-corrected chi connectivity index (χ3v) is 5.71. The lowest BCUT2D eigenvalue weighted by Crippen LogP contribution is -2.58. The van der Waals surface area contributed by atoms with Crippen molar-refractivity contribution >= 4 is 23.7 Å². The number of carboxylic acids is 1. The summed E-state index contributed by atoms with van der Waals surface area (Å²) in [6.07, 6.45) is 1.50. The molecule has 2 atom stereocenters. The van der Waals surface area contributed by atoms with E-state index in [9.17, 15) is 29.4 Å². The van der Waals surface area contributed by atoms with Crippen LogP contribution in [0.1, 0.15) is 59.7 Å². The molecule has 202 valence electrons.